The van der Waals surface area contributed by atoms with Crippen LogP contribution in [-0.2, 0) is 36.5 Å². The zero-order chi connectivity index (χ0) is 41.8. The minimum absolute atomic E-state index is 0.00976. The van der Waals surface area contributed by atoms with Crippen LogP contribution in [0.1, 0.15) is 101 Å². The van der Waals surface area contributed by atoms with Crippen molar-refractivity contribution in [3.8, 4) is 0 Å². The van der Waals surface area contributed by atoms with Crippen molar-refractivity contribution < 1.29 is 0 Å². The fraction of sp³-hybridized carbons (Fsp3) is 0.276. The van der Waals surface area contributed by atoms with Gasteiger partial charge in [-0.15, -0.1) is 0 Å². The second-order valence-electron chi connectivity index (χ2n) is 21.1. The molecule has 7 aromatic carbocycles. The first kappa shape index (κ1) is 36.6. The third-order valence-electron chi connectivity index (χ3n) is 15.3. The molecule has 2 aliphatic heterocycles. The number of rotatable bonds is 2. The molecule has 62 heavy (non-hydrogen) atoms. The molecule has 2 aromatic heterocycles. The summed E-state index contributed by atoms with van der Waals surface area (Å²) in [7, 11) is 0. The van der Waals surface area contributed by atoms with Crippen LogP contribution >= 0.6 is 0 Å². The lowest BCUT2D eigenvalue weighted by Gasteiger charge is -2.45. The number of hydrogen-bond acceptors (Lipinski definition) is 2. The maximum atomic E-state index is 2.73. The van der Waals surface area contributed by atoms with Crippen LogP contribution in [0.15, 0.2) is 121 Å². The van der Waals surface area contributed by atoms with Gasteiger partial charge in [0.1, 0.15) is 0 Å². The molecule has 0 fully saturated rings. The standard InChI is InChI=1S/C58H54BN3/c1-57(2,3)39-24-27-42(28-25-39)61-48-29-26-40(58(4,5)6)34-46(48)59-45-22-14-15-23-47(45)60(41-20-8-7-9-21-41)55-51-43-30-35-16-10-12-18-37(35)32-49(43)62-50-33-38-19-13-11-17-36(38)31-44(50)52(54(51)62)56(61)53(55)59/h7-9,14-15,20-34H,10-13,16-19H2,1-6H3. The molecule has 0 N–H and O–H groups in total. The SMILES string of the molecule is CC(C)(C)c1ccc(N2c3ccc(C(C)(C)C)cc3B3c4ccccc4N(c4ccccc4)c4c3c2c2c3cc5c(cc3n3c6cc7c(cc6c4c23)CCCC7)CCCC5)cc1. The second-order valence-corrected chi connectivity index (χ2v) is 21.1. The fourth-order valence-electron chi connectivity index (χ4n) is 12.2. The molecule has 0 saturated heterocycles. The summed E-state index contributed by atoms with van der Waals surface area (Å²) in [5.41, 5.74) is 24.9. The highest BCUT2D eigenvalue weighted by molar-refractivity contribution is 7.01. The van der Waals surface area contributed by atoms with Gasteiger partial charge >= 0.3 is 0 Å². The third-order valence-corrected chi connectivity index (χ3v) is 15.3. The molecule has 0 unspecified atom stereocenters. The molecule has 0 spiro atoms. The third kappa shape index (κ3) is 5.01. The number of fused-ring (bicyclic) bond motifs is 14. The van der Waals surface area contributed by atoms with E-state index in [1.54, 1.807) is 22.3 Å². The topological polar surface area (TPSA) is 10.9 Å². The minimum Gasteiger partial charge on any atom is -0.311 e. The molecule has 0 bridgehead atoms. The van der Waals surface area contributed by atoms with Crippen LogP contribution in [0.4, 0.5) is 34.1 Å². The van der Waals surface area contributed by atoms with E-state index in [0.29, 0.717) is 0 Å². The van der Waals surface area contributed by atoms with Gasteiger partial charge in [0, 0.05) is 44.3 Å². The highest BCUT2D eigenvalue weighted by Crippen LogP contribution is 2.55. The van der Waals surface area contributed by atoms with Crippen LogP contribution < -0.4 is 26.2 Å². The Morgan fingerprint density at radius 1 is 0.452 bits per heavy atom. The molecule has 4 heterocycles. The molecular weight excluding hydrogens is 749 g/mol. The van der Waals surface area contributed by atoms with Crippen molar-refractivity contribution in [2.75, 3.05) is 9.80 Å². The van der Waals surface area contributed by atoms with Crippen molar-refractivity contribution in [1.29, 1.82) is 0 Å². The van der Waals surface area contributed by atoms with Gasteiger partial charge in [0.2, 0.25) is 0 Å². The van der Waals surface area contributed by atoms with E-state index in [1.165, 1.54) is 125 Å². The van der Waals surface area contributed by atoms with Gasteiger partial charge in [-0.05, 0) is 173 Å². The van der Waals surface area contributed by atoms with Gasteiger partial charge in [-0.1, -0.05) is 102 Å². The number of nitrogens with zero attached hydrogens (tertiary/aromatic N) is 3. The van der Waals surface area contributed by atoms with Crippen molar-refractivity contribution in [3.63, 3.8) is 0 Å². The lowest BCUT2D eigenvalue weighted by Crippen LogP contribution is -2.61. The van der Waals surface area contributed by atoms with Gasteiger partial charge in [-0.25, -0.2) is 0 Å². The number of aromatic nitrogens is 1. The van der Waals surface area contributed by atoms with Gasteiger partial charge in [0.15, 0.2) is 0 Å². The van der Waals surface area contributed by atoms with Crippen LogP contribution in [0.3, 0.4) is 0 Å². The molecule has 0 amide bonds. The zero-order valence-corrected chi connectivity index (χ0v) is 37.1. The Morgan fingerprint density at radius 2 is 0.935 bits per heavy atom. The summed E-state index contributed by atoms with van der Waals surface area (Å²) in [5.74, 6) is 0. The number of para-hydroxylation sites is 2. The zero-order valence-electron chi connectivity index (χ0n) is 37.1. The van der Waals surface area contributed by atoms with Crippen LogP contribution in [0, 0.1) is 0 Å². The second kappa shape index (κ2) is 12.8. The molecule has 4 aliphatic rings. The monoisotopic (exact) mass is 803 g/mol. The highest BCUT2D eigenvalue weighted by atomic mass is 15.2. The summed E-state index contributed by atoms with van der Waals surface area (Å²) >= 11 is 0. The maximum absolute atomic E-state index is 2.73. The molecule has 9 aromatic rings. The highest BCUT2D eigenvalue weighted by Gasteiger charge is 2.47. The molecule has 2 aliphatic carbocycles. The van der Waals surface area contributed by atoms with E-state index < -0.39 is 0 Å². The maximum Gasteiger partial charge on any atom is 0.252 e. The van der Waals surface area contributed by atoms with Crippen molar-refractivity contribution in [2.45, 2.75) is 104 Å². The van der Waals surface area contributed by atoms with Crippen LogP contribution in [0.2, 0.25) is 0 Å². The molecule has 4 heteroatoms. The number of benzene rings is 7. The van der Waals surface area contributed by atoms with Gasteiger partial charge < -0.3 is 14.2 Å². The van der Waals surface area contributed by atoms with E-state index in [0.717, 1.165) is 25.7 Å². The van der Waals surface area contributed by atoms with Crippen molar-refractivity contribution in [2.24, 2.45) is 0 Å². The van der Waals surface area contributed by atoms with E-state index in [9.17, 15) is 0 Å². The molecule has 0 atom stereocenters. The summed E-state index contributed by atoms with van der Waals surface area (Å²) in [4.78, 5) is 5.34. The Labute approximate surface area is 366 Å². The largest absolute Gasteiger partial charge is 0.311 e. The Hall–Kier alpha value is -6.00. The first-order valence-corrected chi connectivity index (χ1v) is 23.4. The van der Waals surface area contributed by atoms with Crippen LogP contribution in [0.5, 0.6) is 0 Å². The van der Waals surface area contributed by atoms with Crippen LogP contribution in [0.25, 0.3) is 38.1 Å². The number of anilines is 6. The van der Waals surface area contributed by atoms with E-state index in [2.05, 4.69) is 177 Å². The smallest absolute Gasteiger partial charge is 0.252 e. The summed E-state index contributed by atoms with van der Waals surface area (Å²) in [6.07, 6.45) is 9.70. The summed E-state index contributed by atoms with van der Waals surface area (Å²) in [6.45, 7) is 14.1. The summed E-state index contributed by atoms with van der Waals surface area (Å²) in [6, 6.07) is 48.1. The number of hydrogen-bond donors (Lipinski definition) is 0. The first-order valence-electron chi connectivity index (χ1n) is 23.4. The quantitative estimate of drug-likeness (QED) is 0.161. The molecule has 3 nitrogen and oxygen atoms in total. The van der Waals surface area contributed by atoms with Gasteiger partial charge in [0.05, 0.1) is 27.9 Å². The minimum atomic E-state index is -0.00976. The lowest BCUT2D eigenvalue weighted by molar-refractivity contribution is 0.590. The van der Waals surface area contributed by atoms with Gasteiger partial charge in [-0.2, -0.15) is 0 Å². The molecule has 0 radical (unpaired) electrons. The predicted molar refractivity (Wildman–Crippen MR) is 266 cm³/mol. The van der Waals surface area contributed by atoms with Crippen LogP contribution in [-0.4, -0.2) is 11.1 Å². The van der Waals surface area contributed by atoms with Crippen molar-refractivity contribution in [3.05, 3.63) is 155 Å². The molecular formula is C58H54BN3. The molecule has 13 rings (SSSR count). The average molecular weight is 804 g/mol. The Bertz CT molecular complexity index is 3320. The van der Waals surface area contributed by atoms with Crippen molar-refractivity contribution >= 4 is 95.3 Å². The number of aryl methyl sites for hydroxylation is 4. The Balaban J connectivity index is 1.29. The first-order chi connectivity index (χ1) is 30.0. The Morgan fingerprint density at radius 3 is 1.50 bits per heavy atom. The summed E-state index contributed by atoms with van der Waals surface area (Å²) in [5, 5.41) is 5.60. The van der Waals surface area contributed by atoms with E-state index in [4.69, 9.17) is 0 Å². The normalized spacial score (nSPS) is 15.9. The van der Waals surface area contributed by atoms with Gasteiger partial charge in [0.25, 0.3) is 6.71 Å². The molecule has 0 saturated carbocycles. The summed E-state index contributed by atoms with van der Waals surface area (Å²) < 4.78 is 2.73. The van der Waals surface area contributed by atoms with Crippen molar-refractivity contribution in [1.82, 2.24) is 4.40 Å². The average Bonchev–Trinajstić information content (AvgIpc) is 3.78. The van der Waals surface area contributed by atoms with E-state index >= 15 is 0 Å². The predicted octanol–water partition coefficient (Wildman–Crippen LogP) is 13.3. The van der Waals surface area contributed by atoms with E-state index in [1.807, 2.05) is 0 Å². The van der Waals surface area contributed by atoms with E-state index in [-0.39, 0.29) is 17.5 Å². The Kier molecular flexibility index (Phi) is 7.56. The van der Waals surface area contributed by atoms with Gasteiger partial charge in [-0.3, -0.25) is 0 Å². The fourth-order valence-corrected chi connectivity index (χ4v) is 12.2. The lowest BCUT2D eigenvalue weighted by atomic mass is 9.33. The molecule has 304 valence electrons.